The van der Waals surface area contributed by atoms with Gasteiger partial charge in [0, 0.05) is 13.1 Å². The molecule has 1 aromatic carbocycles. The molecule has 0 bridgehead atoms. The van der Waals surface area contributed by atoms with Crippen LogP contribution in [0.1, 0.15) is 0 Å². The quantitative estimate of drug-likeness (QED) is 0.605. The Bertz CT molecular complexity index is 716. The number of rotatable bonds is 5. The number of methoxy groups -OCH3 is 1. The van der Waals surface area contributed by atoms with Crippen molar-refractivity contribution in [2.24, 2.45) is 0 Å². The molecule has 1 aliphatic heterocycles. The molecule has 9 heteroatoms. The number of ether oxygens (including phenoxy) is 3. The molecule has 1 aromatic heterocycles. The minimum Gasteiger partial charge on any atom is -0.497 e. The van der Waals surface area contributed by atoms with Crippen molar-refractivity contribution in [3.63, 3.8) is 0 Å². The number of aromatic nitrogens is 2. The number of anilines is 1. The summed E-state index contributed by atoms with van der Waals surface area (Å²) in [6.07, 6.45) is 1.26. The Labute approximate surface area is 138 Å². The highest BCUT2D eigenvalue weighted by Crippen LogP contribution is 2.36. The molecule has 0 N–H and O–H groups in total. The molecule has 126 valence electrons. The summed E-state index contributed by atoms with van der Waals surface area (Å²) in [7, 11) is 1.56. The first kappa shape index (κ1) is 15.9. The Morgan fingerprint density at radius 3 is 2.46 bits per heavy atom. The molecular weight excluding hydrogens is 316 g/mol. The Morgan fingerprint density at radius 2 is 1.83 bits per heavy atom. The molecule has 3 rings (SSSR count). The Kier molecular flexibility index (Phi) is 4.71. The monoisotopic (exact) mass is 332 g/mol. The van der Waals surface area contributed by atoms with Gasteiger partial charge < -0.3 is 19.1 Å². The molecule has 2 aromatic rings. The molecule has 1 saturated heterocycles. The van der Waals surface area contributed by atoms with E-state index in [1.807, 2.05) is 0 Å². The van der Waals surface area contributed by atoms with Crippen LogP contribution in [0.15, 0.2) is 30.6 Å². The van der Waals surface area contributed by atoms with Crippen LogP contribution in [-0.2, 0) is 4.74 Å². The summed E-state index contributed by atoms with van der Waals surface area (Å²) in [6, 6.07) is 6.70. The van der Waals surface area contributed by atoms with E-state index in [0.717, 1.165) is 0 Å². The average molecular weight is 332 g/mol. The van der Waals surface area contributed by atoms with E-state index in [4.69, 9.17) is 14.2 Å². The molecule has 0 aliphatic carbocycles. The van der Waals surface area contributed by atoms with E-state index in [0.29, 0.717) is 37.8 Å². The summed E-state index contributed by atoms with van der Waals surface area (Å²) in [5.41, 5.74) is -0.254. The lowest BCUT2D eigenvalue weighted by Gasteiger charge is -2.27. The zero-order valence-electron chi connectivity index (χ0n) is 13.0. The van der Waals surface area contributed by atoms with Crippen LogP contribution in [0.2, 0.25) is 0 Å². The molecule has 0 unspecified atom stereocenters. The highest BCUT2D eigenvalue weighted by atomic mass is 16.6. The number of hydrogen-bond donors (Lipinski definition) is 0. The summed E-state index contributed by atoms with van der Waals surface area (Å²) in [4.78, 5) is 20.8. The summed E-state index contributed by atoms with van der Waals surface area (Å²) in [6.45, 7) is 2.05. The smallest absolute Gasteiger partial charge is 0.373 e. The van der Waals surface area contributed by atoms with E-state index in [1.165, 1.54) is 6.33 Å². The molecular formula is C15H16N4O5. The van der Waals surface area contributed by atoms with Crippen molar-refractivity contribution in [3.05, 3.63) is 40.7 Å². The SMILES string of the molecule is COc1ccc(Oc2ncnc(N3CCOCC3)c2[N+](=O)[O-])cc1. The lowest BCUT2D eigenvalue weighted by atomic mass is 10.3. The molecule has 0 saturated carbocycles. The van der Waals surface area contributed by atoms with E-state index in [9.17, 15) is 10.1 Å². The highest BCUT2D eigenvalue weighted by Gasteiger charge is 2.29. The standard InChI is InChI=1S/C15H16N4O5/c1-22-11-2-4-12(5-3-11)24-15-13(19(20)21)14(16-10-17-15)18-6-8-23-9-7-18/h2-5,10H,6-9H2,1H3. The first-order valence-corrected chi connectivity index (χ1v) is 7.33. The van der Waals surface area contributed by atoms with Gasteiger partial charge in [-0.3, -0.25) is 10.1 Å². The van der Waals surface area contributed by atoms with Gasteiger partial charge in [0.05, 0.1) is 25.2 Å². The van der Waals surface area contributed by atoms with E-state index in [2.05, 4.69) is 9.97 Å². The van der Waals surface area contributed by atoms with Gasteiger partial charge in [-0.05, 0) is 24.3 Å². The first-order chi connectivity index (χ1) is 11.7. The molecule has 0 atom stereocenters. The van der Waals surface area contributed by atoms with E-state index >= 15 is 0 Å². The Balaban J connectivity index is 1.92. The normalized spacial score (nSPS) is 14.3. The van der Waals surface area contributed by atoms with Crippen molar-refractivity contribution in [1.29, 1.82) is 0 Å². The number of morpholine rings is 1. The van der Waals surface area contributed by atoms with E-state index < -0.39 is 4.92 Å². The van der Waals surface area contributed by atoms with Gasteiger partial charge in [0.1, 0.15) is 17.8 Å². The molecule has 1 fully saturated rings. The molecule has 9 nitrogen and oxygen atoms in total. The van der Waals surface area contributed by atoms with Crippen molar-refractivity contribution >= 4 is 11.5 Å². The molecule has 0 amide bonds. The van der Waals surface area contributed by atoms with Crippen LogP contribution in [0, 0.1) is 10.1 Å². The van der Waals surface area contributed by atoms with Gasteiger partial charge in [0.15, 0.2) is 0 Å². The molecule has 24 heavy (non-hydrogen) atoms. The zero-order chi connectivity index (χ0) is 16.9. The van der Waals surface area contributed by atoms with Gasteiger partial charge in [0.2, 0.25) is 5.82 Å². The minimum absolute atomic E-state index is 0.0957. The van der Waals surface area contributed by atoms with E-state index in [-0.39, 0.29) is 17.4 Å². The maximum Gasteiger partial charge on any atom is 0.373 e. The second kappa shape index (κ2) is 7.09. The van der Waals surface area contributed by atoms with Crippen LogP contribution in [0.4, 0.5) is 11.5 Å². The third kappa shape index (κ3) is 3.35. The van der Waals surface area contributed by atoms with Gasteiger partial charge in [-0.15, -0.1) is 0 Å². The predicted octanol–water partition coefficient (Wildman–Crippen LogP) is 2.02. The van der Waals surface area contributed by atoms with Gasteiger partial charge >= 0.3 is 11.6 Å². The second-order valence-corrected chi connectivity index (χ2v) is 4.99. The van der Waals surface area contributed by atoms with Crippen LogP contribution in [0.3, 0.4) is 0 Å². The summed E-state index contributed by atoms with van der Waals surface area (Å²) in [5, 5.41) is 11.5. The fraction of sp³-hybridized carbons (Fsp3) is 0.333. The fourth-order valence-electron chi connectivity index (χ4n) is 2.35. The minimum atomic E-state index is -0.524. The fourth-order valence-corrected chi connectivity index (χ4v) is 2.35. The maximum absolute atomic E-state index is 11.5. The number of benzene rings is 1. The third-order valence-corrected chi connectivity index (χ3v) is 3.54. The summed E-state index contributed by atoms with van der Waals surface area (Å²) >= 11 is 0. The lowest BCUT2D eigenvalue weighted by Crippen LogP contribution is -2.37. The van der Waals surface area contributed by atoms with Crippen LogP contribution in [0.25, 0.3) is 0 Å². The number of nitrogens with zero attached hydrogens (tertiary/aromatic N) is 4. The van der Waals surface area contributed by atoms with E-state index in [1.54, 1.807) is 36.3 Å². The highest BCUT2D eigenvalue weighted by molar-refractivity contribution is 5.63. The van der Waals surface area contributed by atoms with Crippen LogP contribution >= 0.6 is 0 Å². The van der Waals surface area contributed by atoms with Gasteiger partial charge in [-0.25, -0.2) is 4.98 Å². The number of nitro groups is 1. The van der Waals surface area contributed by atoms with Crippen molar-refractivity contribution in [2.45, 2.75) is 0 Å². The molecule has 1 aliphatic rings. The molecule has 0 spiro atoms. The largest absolute Gasteiger partial charge is 0.497 e. The maximum atomic E-state index is 11.5. The summed E-state index contributed by atoms with van der Waals surface area (Å²) < 4.78 is 15.9. The zero-order valence-corrected chi connectivity index (χ0v) is 13.0. The Morgan fingerprint density at radius 1 is 1.17 bits per heavy atom. The van der Waals surface area contributed by atoms with Crippen LogP contribution in [0.5, 0.6) is 17.4 Å². The van der Waals surface area contributed by atoms with Crippen LogP contribution in [-0.4, -0.2) is 48.3 Å². The topological polar surface area (TPSA) is 99.9 Å². The van der Waals surface area contributed by atoms with Crippen molar-refractivity contribution < 1.29 is 19.1 Å². The third-order valence-electron chi connectivity index (χ3n) is 3.54. The van der Waals surface area contributed by atoms with Gasteiger partial charge in [-0.2, -0.15) is 4.98 Å². The van der Waals surface area contributed by atoms with Gasteiger partial charge in [-0.1, -0.05) is 0 Å². The van der Waals surface area contributed by atoms with Crippen LogP contribution < -0.4 is 14.4 Å². The van der Waals surface area contributed by atoms with Crippen molar-refractivity contribution in [1.82, 2.24) is 9.97 Å². The van der Waals surface area contributed by atoms with Crippen molar-refractivity contribution in [3.8, 4) is 17.4 Å². The Hall–Kier alpha value is -2.94. The lowest BCUT2D eigenvalue weighted by molar-refractivity contribution is -0.385. The van der Waals surface area contributed by atoms with Gasteiger partial charge in [0.25, 0.3) is 0 Å². The predicted molar refractivity (Wildman–Crippen MR) is 84.8 cm³/mol. The second-order valence-electron chi connectivity index (χ2n) is 4.99. The van der Waals surface area contributed by atoms with Crippen molar-refractivity contribution in [2.75, 3.05) is 38.3 Å². The number of hydrogen-bond acceptors (Lipinski definition) is 8. The summed E-state index contributed by atoms with van der Waals surface area (Å²) in [5.74, 6) is 1.22. The molecule has 0 radical (unpaired) electrons. The molecule has 2 heterocycles. The first-order valence-electron chi connectivity index (χ1n) is 7.33. The average Bonchev–Trinajstić information content (AvgIpc) is 2.62.